The Labute approximate surface area is 143 Å². The molecule has 1 aromatic carbocycles. The van der Waals surface area contributed by atoms with Gasteiger partial charge < -0.3 is 14.6 Å². The highest BCUT2D eigenvalue weighted by molar-refractivity contribution is 5.66. The predicted octanol–water partition coefficient (Wildman–Crippen LogP) is 3.52. The van der Waals surface area contributed by atoms with Crippen LogP contribution in [0.5, 0.6) is 11.5 Å². The molecule has 0 aromatic heterocycles. The van der Waals surface area contributed by atoms with Crippen LogP contribution in [0.3, 0.4) is 0 Å². The zero-order valence-electron chi connectivity index (χ0n) is 14.5. The van der Waals surface area contributed by atoms with Crippen molar-refractivity contribution in [2.24, 2.45) is 11.8 Å². The number of nitrogens with zero attached hydrogens (tertiary/aromatic N) is 1. The molecule has 0 amide bonds. The van der Waals surface area contributed by atoms with Crippen molar-refractivity contribution < 1.29 is 19.4 Å². The van der Waals surface area contributed by atoms with Crippen LogP contribution in [0.25, 0.3) is 0 Å². The SMILES string of the molecule is C[C@@H]1[C@H](C)CCC[C@@H]1N(CCC(=O)O)Cc1ccc2c(c1)OCO2. The molecule has 132 valence electrons. The third-order valence-corrected chi connectivity index (χ3v) is 5.57. The summed E-state index contributed by atoms with van der Waals surface area (Å²) in [4.78, 5) is 13.4. The lowest BCUT2D eigenvalue weighted by Crippen LogP contribution is -2.44. The van der Waals surface area contributed by atoms with Gasteiger partial charge in [-0.05, 0) is 36.0 Å². The van der Waals surface area contributed by atoms with E-state index < -0.39 is 5.97 Å². The Morgan fingerprint density at radius 2 is 2.04 bits per heavy atom. The van der Waals surface area contributed by atoms with E-state index >= 15 is 0 Å². The van der Waals surface area contributed by atoms with Gasteiger partial charge in [0, 0.05) is 19.1 Å². The molecule has 1 aliphatic heterocycles. The molecule has 5 nitrogen and oxygen atoms in total. The minimum Gasteiger partial charge on any atom is -0.481 e. The third kappa shape index (κ3) is 3.83. The number of rotatable bonds is 6. The van der Waals surface area contributed by atoms with Crippen LogP contribution in [-0.2, 0) is 11.3 Å². The summed E-state index contributed by atoms with van der Waals surface area (Å²) in [5.41, 5.74) is 1.15. The number of fused-ring (bicyclic) bond motifs is 1. The first-order valence-electron chi connectivity index (χ1n) is 8.89. The first kappa shape index (κ1) is 17.1. The lowest BCUT2D eigenvalue weighted by molar-refractivity contribution is -0.137. The van der Waals surface area contributed by atoms with Crippen molar-refractivity contribution in [1.29, 1.82) is 0 Å². The first-order valence-corrected chi connectivity index (χ1v) is 8.89. The van der Waals surface area contributed by atoms with Crippen LogP contribution in [0.4, 0.5) is 0 Å². The number of carboxylic acids is 1. The van der Waals surface area contributed by atoms with Crippen LogP contribution >= 0.6 is 0 Å². The molecule has 1 aliphatic carbocycles. The highest BCUT2D eigenvalue weighted by Gasteiger charge is 2.31. The van der Waals surface area contributed by atoms with Gasteiger partial charge in [0.15, 0.2) is 11.5 Å². The molecule has 0 bridgehead atoms. The van der Waals surface area contributed by atoms with E-state index in [4.69, 9.17) is 14.6 Å². The molecule has 0 saturated heterocycles. The van der Waals surface area contributed by atoms with E-state index in [0.29, 0.717) is 24.4 Å². The van der Waals surface area contributed by atoms with Crippen molar-refractivity contribution in [2.75, 3.05) is 13.3 Å². The molecule has 1 N–H and O–H groups in total. The van der Waals surface area contributed by atoms with Gasteiger partial charge in [0.25, 0.3) is 0 Å². The number of carbonyl (C=O) groups is 1. The molecule has 0 unspecified atom stereocenters. The predicted molar refractivity (Wildman–Crippen MR) is 91.2 cm³/mol. The molecular formula is C19H27NO4. The van der Waals surface area contributed by atoms with Gasteiger partial charge in [-0.2, -0.15) is 0 Å². The Balaban J connectivity index is 1.75. The molecule has 3 rings (SSSR count). The van der Waals surface area contributed by atoms with Gasteiger partial charge >= 0.3 is 5.97 Å². The maximum absolute atomic E-state index is 11.1. The second kappa shape index (κ2) is 7.43. The molecule has 3 atom stereocenters. The molecule has 0 spiro atoms. The molecule has 1 heterocycles. The Morgan fingerprint density at radius 3 is 2.83 bits per heavy atom. The summed E-state index contributed by atoms with van der Waals surface area (Å²) in [6.45, 7) is 6.24. The van der Waals surface area contributed by atoms with Crippen molar-refractivity contribution in [3.05, 3.63) is 23.8 Å². The lowest BCUT2D eigenvalue weighted by Gasteiger charge is -2.41. The lowest BCUT2D eigenvalue weighted by atomic mass is 9.77. The minimum absolute atomic E-state index is 0.183. The van der Waals surface area contributed by atoms with Crippen LogP contribution in [0.2, 0.25) is 0 Å². The summed E-state index contributed by atoms with van der Waals surface area (Å²) in [6.07, 6.45) is 3.83. The summed E-state index contributed by atoms with van der Waals surface area (Å²) >= 11 is 0. The summed E-state index contributed by atoms with van der Waals surface area (Å²) in [5.74, 6) is 2.11. The Hall–Kier alpha value is -1.75. The largest absolute Gasteiger partial charge is 0.481 e. The van der Waals surface area contributed by atoms with Crippen molar-refractivity contribution in [3.8, 4) is 11.5 Å². The summed E-state index contributed by atoms with van der Waals surface area (Å²) < 4.78 is 10.8. The molecule has 1 saturated carbocycles. The second-order valence-electron chi connectivity index (χ2n) is 7.14. The molecule has 2 aliphatic rings. The highest BCUT2D eigenvalue weighted by Crippen LogP contribution is 2.36. The number of carboxylic acid groups (broad SMARTS) is 1. The van der Waals surface area contributed by atoms with Crippen LogP contribution in [0, 0.1) is 11.8 Å². The first-order chi connectivity index (χ1) is 11.5. The summed E-state index contributed by atoms with van der Waals surface area (Å²) in [5, 5.41) is 9.11. The van der Waals surface area contributed by atoms with Gasteiger partial charge in [0.05, 0.1) is 6.42 Å². The van der Waals surface area contributed by atoms with Crippen molar-refractivity contribution >= 4 is 5.97 Å². The fraction of sp³-hybridized carbons (Fsp3) is 0.632. The number of ether oxygens (including phenoxy) is 2. The van der Waals surface area contributed by atoms with E-state index in [1.165, 1.54) is 12.8 Å². The Bertz CT molecular complexity index is 589. The van der Waals surface area contributed by atoms with Crippen molar-refractivity contribution in [1.82, 2.24) is 4.90 Å². The van der Waals surface area contributed by atoms with Crippen LogP contribution in [0.1, 0.15) is 45.1 Å². The average Bonchev–Trinajstić information content (AvgIpc) is 3.02. The van der Waals surface area contributed by atoms with Gasteiger partial charge in [0.2, 0.25) is 6.79 Å². The van der Waals surface area contributed by atoms with Crippen molar-refractivity contribution in [3.63, 3.8) is 0 Å². The molecule has 24 heavy (non-hydrogen) atoms. The van der Waals surface area contributed by atoms with E-state index in [1.54, 1.807) is 0 Å². The maximum atomic E-state index is 11.1. The highest BCUT2D eigenvalue weighted by atomic mass is 16.7. The number of benzene rings is 1. The van der Waals surface area contributed by atoms with Crippen LogP contribution < -0.4 is 9.47 Å². The van der Waals surface area contributed by atoms with Gasteiger partial charge in [-0.3, -0.25) is 9.69 Å². The standard InChI is InChI=1S/C19H27NO4/c1-13-4-3-5-16(14(13)2)20(9-8-19(21)22)11-15-6-7-17-18(10-15)24-12-23-17/h6-7,10,13-14,16H,3-5,8-9,11-12H2,1-2H3,(H,21,22)/t13-,14-,16+/m1/s1. The van der Waals surface area contributed by atoms with Gasteiger partial charge in [-0.15, -0.1) is 0 Å². The fourth-order valence-electron chi connectivity index (χ4n) is 3.94. The molecule has 0 radical (unpaired) electrons. The smallest absolute Gasteiger partial charge is 0.304 e. The molecule has 1 fully saturated rings. The maximum Gasteiger partial charge on any atom is 0.304 e. The molecule has 1 aromatic rings. The quantitative estimate of drug-likeness (QED) is 0.863. The van der Waals surface area contributed by atoms with E-state index in [1.807, 2.05) is 12.1 Å². The topological polar surface area (TPSA) is 59.0 Å². The third-order valence-electron chi connectivity index (χ3n) is 5.57. The normalized spacial score (nSPS) is 25.9. The fourth-order valence-corrected chi connectivity index (χ4v) is 3.94. The average molecular weight is 333 g/mol. The molecule has 5 heteroatoms. The van der Waals surface area contributed by atoms with Crippen LogP contribution in [0.15, 0.2) is 18.2 Å². The molecular weight excluding hydrogens is 306 g/mol. The Kier molecular flexibility index (Phi) is 5.29. The monoisotopic (exact) mass is 333 g/mol. The van der Waals surface area contributed by atoms with Crippen LogP contribution in [-0.4, -0.2) is 35.4 Å². The zero-order valence-corrected chi connectivity index (χ0v) is 14.5. The summed E-state index contributed by atoms with van der Waals surface area (Å²) in [6, 6.07) is 6.46. The van der Waals surface area contributed by atoms with Gasteiger partial charge in [0.1, 0.15) is 0 Å². The van der Waals surface area contributed by atoms with E-state index in [-0.39, 0.29) is 13.2 Å². The summed E-state index contributed by atoms with van der Waals surface area (Å²) in [7, 11) is 0. The van der Waals surface area contributed by atoms with Crippen molar-refractivity contribution in [2.45, 2.75) is 52.1 Å². The van der Waals surface area contributed by atoms with E-state index in [9.17, 15) is 4.79 Å². The zero-order chi connectivity index (χ0) is 17.1. The Morgan fingerprint density at radius 1 is 1.25 bits per heavy atom. The number of aliphatic carboxylic acids is 1. The second-order valence-corrected chi connectivity index (χ2v) is 7.14. The number of hydrogen-bond donors (Lipinski definition) is 1. The minimum atomic E-state index is -0.734. The van der Waals surface area contributed by atoms with Gasteiger partial charge in [-0.1, -0.05) is 32.8 Å². The van der Waals surface area contributed by atoms with E-state index in [0.717, 1.165) is 30.0 Å². The van der Waals surface area contributed by atoms with E-state index in [2.05, 4.69) is 24.8 Å². The van der Waals surface area contributed by atoms with Gasteiger partial charge in [-0.25, -0.2) is 0 Å². The number of hydrogen-bond acceptors (Lipinski definition) is 4.